The Labute approximate surface area is 424 Å². The lowest BCUT2D eigenvalue weighted by Crippen LogP contribution is -2.30. The molecule has 0 bridgehead atoms. The Morgan fingerprint density at radius 3 is 0.986 bits per heavy atom. The molecule has 0 saturated carbocycles. The van der Waals surface area contributed by atoms with Gasteiger partial charge in [-0.1, -0.05) is 219 Å². The van der Waals surface area contributed by atoms with Gasteiger partial charge in [-0.15, -0.1) is 0 Å². The van der Waals surface area contributed by atoms with Crippen LogP contribution in [0.15, 0.2) is 134 Å². The third kappa shape index (κ3) is 54.4. The van der Waals surface area contributed by atoms with E-state index in [0.717, 1.165) is 109 Å². The van der Waals surface area contributed by atoms with Crippen molar-refractivity contribution in [3.8, 4) is 0 Å². The molecule has 0 saturated heterocycles. The third-order valence-electron chi connectivity index (χ3n) is 11.1. The monoisotopic (exact) mass is 953 g/mol. The highest BCUT2D eigenvalue weighted by atomic mass is 16.6. The molecule has 0 rings (SSSR count). The van der Waals surface area contributed by atoms with Gasteiger partial charge in [0.2, 0.25) is 0 Å². The largest absolute Gasteiger partial charge is 0.462 e. The number of hydrogen-bond donors (Lipinski definition) is 0. The lowest BCUT2D eigenvalue weighted by molar-refractivity contribution is -0.166. The van der Waals surface area contributed by atoms with Gasteiger partial charge in [-0.05, 0) is 122 Å². The van der Waals surface area contributed by atoms with Crippen LogP contribution in [0.1, 0.15) is 226 Å². The SMILES string of the molecule is CC/C=C\C/C=C\C/C=C\C/C=C\C/C=C\C/C=C\CCC(=O)OCC(COC(=O)CCCCC/C=C\C/C=C\C/C=C\CC)OC(=O)CCCCCCCCCCC/C=C\C/C=C\CCCCC. The summed E-state index contributed by atoms with van der Waals surface area (Å²) in [5.74, 6) is -1.05. The Morgan fingerprint density at radius 2 is 0.594 bits per heavy atom. The smallest absolute Gasteiger partial charge is 0.306 e. The quantitative estimate of drug-likeness (QED) is 0.0262. The van der Waals surface area contributed by atoms with Gasteiger partial charge in [0.25, 0.3) is 0 Å². The van der Waals surface area contributed by atoms with E-state index in [1.807, 2.05) is 12.2 Å². The molecule has 0 fully saturated rings. The van der Waals surface area contributed by atoms with Gasteiger partial charge in [0.15, 0.2) is 6.10 Å². The molecule has 0 aromatic rings. The molecule has 0 N–H and O–H groups in total. The number of ether oxygens (including phenoxy) is 3. The molecule has 1 unspecified atom stereocenters. The maximum Gasteiger partial charge on any atom is 0.306 e. The fourth-order valence-corrected chi connectivity index (χ4v) is 7.04. The van der Waals surface area contributed by atoms with Crippen LogP contribution >= 0.6 is 0 Å². The minimum atomic E-state index is -0.828. The van der Waals surface area contributed by atoms with Crippen LogP contribution in [0.4, 0.5) is 0 Å². The average Bonchev–Trinajstić information content (AvgIpc) is 3.35. The van der Waals surface area contributed by atoms with Gasteiger partial charge >= 0.3 is 17.9 Å². The highest BCUT2D eigenvalue weighted by Crippen LogP contribution is 2.13. The predicted molar refractivity (Wildman–Crippen MR) is 297 cm³/mol. The summed E-state index contributed by atoms with van der Waals surface area (Å²) in [4.78, 5) is 38.1. The minimum absolute atomic E-state index is 0.123. The third-order valence-corrected chi connectivity index (χ3v) is 11.1. The number of rotatable bonds is 48. The van der Waals surface area contributed by atoms with E-state index in [-0.39, 0.29) is 37.5 Å². The van der Waals surface area contributed by atoms with Crippen LogP contribution in [0.5, 0.6) is 0 Å². The molecular formula is C63H100O6. The molecule has 0 aliphatic carbocycles. The number of carbonyl (C=O) groups is 3. The molecular weight excluding hydrogens is 853 g/mol. The molecule has 0 aromatic heterocycles. The van der Waals surface area contributed by atoms with Crippen molar-refractivity contribution >= 4 is 17.9 Å². The fourth-order valence-electron chi connectivity index (χ4n) is 7.04. The van der Waals surface area contributed by atoms with Crippen molar-refractivity contribution in [3.63, 3.8) is 0 Å². The fraction of sp³-hybridized carbons (Fsp3) is 0.603. The second-order valence-electron chi connectivity index (χ2n) is 17.7. The molecule has 69 heavy (non-hydrogen) atoms. The van der Waals surface area contributed by atoms with Gasteiger partial charge in [0.1, 0.15) is 13.2 Å². The van der Waals surface area contributed by atoms with Crippen LogP contribution in [0.25, 0.3) is 0 Å². The van der Waals surface area contributed by atoms with E-state index in [1.165, 1.54) is 70.6 Å². The van der Waals surface area contributed by atoms with E-state index in [2.05, 4.69) is 142 Å². The number of hydrogen-bond acceptors (Lipinski definition) is 6. The summed E-state index contributed by atoms with van der Waals surface area (Å²) in [5, 5.41) is 0. The molecule has 1 atom stereocenters. The molecule has 388 valence electrons. The summed E-state index contributed by atoms with van der Waals surface area (Å²) < 4.78 is 16.7. The second kappa shape index (κ2) is 56.1. The topological polar surface area (TPSA) is 78.9 Å². The minimum Gasteiger partial charge on any atom is -0.462 e. The Balaban J connectivity index is 4.54. The number of esters is 3. The summed E-state index contributed by atoms with van der Waals surface area (Å²) in [6.45, 7) is 6.28. The first-order valence-corrected chi connectivity index (χ1v) is 27.7. The van der Waals surface area contributed by atoms with Gasteiger partial charge in [0.05, 0.1) is 0 Å². The molecule has 0 aliphatic rings. The van der Waals surface area contributed by atoms with Crippen LogP contribution in [0, 0.1) is 0 Å². The summed E-state index contributed by atoms with van der Waals surface area (Å²) >= 11 is 0. The zero-order valence-electron chi connectivity index (χ0n) is 44.3. The Bertz CT molecular complexity index is 1510. The number of unbranched alkanes of at least 4 members (excludes halogenated alkanes) is 15. The van der Waals surface area contributed by atoms with Crippen LogP contribution in [-0.4, -0.2) is 37.2 Å². The summed E-state index contributed by atoms with van der Waals surface area (Å²) in [6, 6.07) is 0. The van der Waals surface area contributed by atoms with E-state index in [1.54, 1.807) is 0 Å². The highest BCUT2D eigenvalue weighted by molar-refractivity contribution is 5.71. The maximum absolute atomic E-state index is 12.8. The van der Waals surface area contributed by atoms with E-state index < -0.39 is 6.10 Å². The first-order chi connectivity index (χ1) is 34.0. The normalized spacial score (nSPS) is 13.1. The molecule has 6 nitrogen and oxygen atoms in total. The van der Waals surface area contributed by atoms with Crippen LogP contribution in [0.2, 0.25) is 0 Å². The van der Waals surface area contributed by atoms with Crippen LogP contribution < -0.4 is 0 Å². The van der Waals surface area contributed by atoms with Crippen molar-refractivity contribution in [1.29, 1.82) is 0 Å². The van der Waals surface area contributed by atoms with Crippen molar-refractivity contribution in [1.82, 2.24) is 0 Å². The Morgan fingerprint density at radius 1 is 0.304 bits per heavy atom. The molecule has 0 aromatic carbocycles. The molecule has 0 aliphatic heterocycles. The molecule has 0 spiro atoms. The van der Waals surface area contributed by atoms with Crippen molar-refractivity contribution in [3.05, 3.63) is 134 Å². The zero-order chi connectivity index (χ0) is 50.0. The van der Waals surface area contributed by atoms with Gasteiger partial charge in [0, 0.05) is 19.3 Å². The lowest BCUT2D eigenvalue weighted by Gasteiger charge is -2.18. The number of carbonyl (C=O) groups excluding carboxylic acids is 3. The highest BCUT2D eigenvalue weighted by Gasteiger charge is 2.19. The molecule has 0 amide bonds. The van der Waals surface area contributed by atoms with Gasteiger partial charge in [-0.3, -0.25) is 14.4 Å². The van der Waals surface area contributed by atoms with E-state index in [9.17, 15) is 14.4 Å². The maximum atomic E-state index is 12.8. The standard InChI is InChI=1S/C63H100O6/c1-4-7-10-13-16-19-22-25-27-29-31-33-35-38-41-44-47-50-53-56-62(65)68-59-60(58-67-61(64)55-52-49-46-43-40-37-24-21-18-15-12-9-6-3)69-63(66)57-54-51-48-45-42-39-36-34-32-30-28-26-23-20-17-14-11-8-5-2/h7,9-10,12,16-21,25-28,31,33,37-38,40-41,47,50,60H,4-6,8,11,13-15,22-24,29-30,32,34-36,39,42-46,48-49,51-59H2,1-3H3/b10-7-,12-9-,19-16-,20-17-,21-18-,27-25-,28-26-,33-31-,40-37-,41-38-,50-47-. The van der Waals surface area contributed by atoms with Crippen molar-refractivity contribution in [2.45, 2.75) is 232 Å². The first-order valence-electron chi connectivity index (χ1n) is 27.7. The van der Waals surface area contributed by atoms with Crippen LogP contribution in [0.3, 0.4) is 0 Å². The van der Waals surface area contributed by atoms with Crippen molar-refractivity contribution in [2.24, 2.45) is 0 Å². The lowest BCUT2D eigenvalue weighted by atomic mass is 10.1. The molecule has 0 radical (unpaired) electrons. The van der Waals surface area contributed by atoms with Crippen LogP contribution in [-0.2, 0) is 28.6 Å². The Kier molecular flexibility index (Phi) is 52.5. The van der Waals surface area contributed by atoms with E-state index >= 15 is 0 Å². The summed E-state index contributed by atoms with van der Waals surface area (Å²) in [5.41, 5.74) is 0. The van der Waals surface area contributed by atoms with Gasteiger partial charge < -0.3 is 14.2 Å². The predicted octanol–water partition coefficient (Wildman–Crippen LogP) is 18.6. The summed E-state index contributed by atoms with van der Waals surface area (Å²) in [7, 11) is 0. The Hall–Kier alpha value is -4.45. The second-order valence-corrected chi connectivity index (χ2v) is 17.7. The van der Waals surface area contributed by atoms with Crippen molar-refractivity contribution in [2.75, 3.05) is 13.2 Å². The average molecular weight is 953 g/mol. The van der Waals surface area contributed by atoms with E-state index in [4.69, 9.17) is 14.2 Å². The number of allylic oxidation sites excluding steroid dienone is 22. The summed E-state index contributed by atoms with van der Waals surface area (Å²) in [6.07, 6.45) is 78.8. The van der Waals surface area contributed by atoms with Gasteiger partial charge in [-0.25, -0.2) is 0 Å². The molecule has 6 heteroatoms. The van der Waals surface area contributed by atoms with Gasteiger partial charge in [-0.2, -0.15) is 0 Å². The van der Waals surface area contributed by atoms with Crippen molar-refractivity contribution < 1.29 is 28.6 Å². The zero-order valence-corrected chi connectivity index (χ0v) is 44.3. The van der Waals surface area contributed by atoms with E-state index in [0.29, 0.717) is 19.3 Å². The first kappa shape index (κ1) is 64.5. The molecule has 0 heterocycles.